The van der Waals surface area contributed by atoms with Gasteiger partial charge in [0, 0.05) is 10.6 Å². The van der Waals surface area contributed by atoms with Crippen LogP contribution in [-0.4, -0.2) is 20.7 Å². The second kappa shape index (κ2) is 5.17. The summed E-state index contributed by atoms with van der Waals surface area (Å²) in [4.78, 5) is 0. The van der Waals surface area contributed by atoms with E-state index in [0.29, 0.717) is 17.0 Å². The van der Waals surface area contributed by atoms with Crippen LogP contribution in [-0.2, 0) is 6.42 Å². The van der Waals surface area contributed by atoms with Crippen LogP contribution in [0.1, 0.15) is 5.56 Å². The van der Waals surface area contributed by atoms with E-state index in [9.17, 15) is 4.39 Å². The normalized spacial score (nSPS) is 10.3. The lowest BCUT2D eigenvalue weighted by Gasteiger charge is -2.10. The van der Waals surface area contributed by atoms with Gasteiger partial charge in [0.25, 0.3) is 0 Å². The van der Waals surface area contributed by atoms with E-state index in [0.717, 1.165) is 6.54 Å². The Morgan fingerprint density at radius 3 is 2.79 bits per heavy atom. The summed E-state index contributed by atoms with van der Waals surface area (Å²) in [5.74, 6) is -0.129. The Hall–Kier alpha value is -0.800. The minimum absolute atomic E-state index is 0.243. The van der Waals surface area contributed by atoms with E-state index in [2.05, 4.69) is 5.32 Å². The largest absolute Gasteiger partial charge is 0.493 e. The topological polar surface area (TPSA) is 21.3 Å². The predicted molar refractivity (Wildman–Crippen MR) is 55.6 cm³/mol. The fourth-order valence-electron chi connectivity index (χ4n) is 1.28. The molecule has 1 N–H and O–H groups in total. The number of methoxy groups -OCH3 is 1. The van der Waals surface area contributed by atoms with E-state index in [4.69, 9.17) is 16.3 Å². The van der Waals surface area contributed by atoms with Crippen LogP contribution in [0.4, 0.5) is 4.39 Å². The van der Waals surface area contributed by atoms with E-state index in [1.165, 1.54) is 13.2 Å². The van der Waals surface area contributed by atoms with Crippen molar-refractivity contribution in [1.82, 2.24) is 5.32 Å². The Balaban J connectivity index is 3.03. The van der Waals surface area contributed by atoms with Crippen molar-refractivity contribution < 1.29 is 9.13 Å². The Bertz CT molecular complexity index is 317. The third-order valence-corrected chi connectivity index (χ3v) is 2.34. The molecule has 0 amide bonds. The van der Waals surface area contributed by atoms with Crippen molar-refractivity contribution in [3.05, 3.63) is 28.5 Å². The lowest BCUT2D eigenvalue weighted by Crippen LogP contribution is -2.11. The fourth-order valence-corrected chi connectivity index (χ4v) is 1.52. The van der Waals surface area contributed by atoms with Crippen molar-refractivity contribution in [3.63, 3.8) is 0 Å². The first-order valence-electron chi connectivity index (χ1n) is 4.36. The zero-order chi connectivity index (χ0) is 10.6. The Morgan fingerprint density at radius 1 is 1.50 bits per heavy atom. The van der Waals surface area contributed by atoms with Crippen LogP contribution in [0.25, 0.3) is 0 Å². The van der Waals surface area contributed by atoms with Crippen LogP contribution in [0.15, 0.2) is 12.1 Å². The quantitative estimate of drug-likeness (QED) is 0.836. The molecule has 0 fully saturated rings. The van der Waals surface area contributed by atoms with Crippen molar-refractivity contribution in [3.8, 4) is 5.75 Å². The number of halogens is 2. The van der Waals surface area contributed by atoms with Gasteiger partial charge in [-0.05, 0) is 32.1 Å². The van der Waals surface area contributed by atoms with E-state index in [-0.39, 0.29) is 11.6 Å². The van der Waals surface area contributed by atoms with E-state index < -0.39 is 0 Å². The molecule has 0 aliphatic rings. The summed E-state index contributed by atoms with van der Waals surface area (Å²) in [6, 6.07) is 2.86. The summed E-state index contributed by atoms with van der Waals surface area (Å²) in [5, 5.41) is 3.52. The van der Waals surface area contributed by atoms with Gasteiger partial charge in [-0.1, -0.05) is 11.6 Å². The van der Waals surface area contributed by atoms with Gasteiger partial charge >= 0.3 is 0 Å². The number of nitrogens with one attached hydrogen (secondary N) is 1. The molecule has 0 aliphatic heterocycles. The molecule has 14 heavy (non-hydrogen) atoms. The maximum absolute atomic E-state index is 13.3. The molecule has 0 atom stereocenters. The summed E-state index contributed by atoms with van der Waals surface area (Å²) in [5.41, 5.74) is 0.712. The van der Waals surface area contributed by atoms with Crippen LogP contribution in [0, 0.1) is 5.82 Å². The molecule has 0 saturated heterocycles. The molecule has 1 aromatic rings. The van der Waals surface area contributed by atoms with Crippen LogP contribution in [0.2, 0.25) is 5.02 Å². The second-order valence-electron chi connectivity index (χ2n) is 2.89. The van der Waals surface area contributed by atoms with Gasteiger partial charge in [0.05, 0.1) is 7.11 Å². The van der Waals surface area contributed by atoms with Gasteiger partial charge < -0.3 is 10.1 Å². The van der Waals surface area contributed by atoms with Gasteiger partial charge in [0.2, 0.25) is 0 Å². The molecule has 0 unspecified atom stereocenters. The maximum atomic E-state index is 13.3. The molecule has 0 radical (unpaired) electrons. The highest BCUT2D eigenvalue weighted by atomic mass is 35.5. The summed E-state index contributed by atoms with van der Waals surface area (Å²) in [7, 11) is 3.28. The van der Waals surface area contributed by atoms with Crippen molar-refractivity contribution in [2.75, 3.05) is 20.7 Å². The second-order valence-corrected chi connectivity index (χ2v) is 3.30. The number of likely N-dealkylation sites (N-methyl/N-ethyl adjacent to an activating group) is 1. The minimum Gasteiger partial charge on any atom is -0.493 e. The maximum Gasteiger partial charge on any atom is 0.165 e. The van der Waals surface area contributed by atoms with Crippen molar-refractivity contribution in [2.45, 2.75) is 6.42 Å². The molecule has 1 aromatic carbocycles. The number of ether oxygens (including phenoxy) is 1. The summed E-state index contributed by atoms with van der Waals surface area (Å²) in [6.07, 6.45) is 0.649. The van der Waals surface area contributed by atoms with Crippen molar-refractivity contribution in [2.24, 2.45) is 0 Å². The molecule has 0 aromatic heterocycles. The zero-order valence-corrected chi connectivity index (χ0v) is 8.99. The highest BCUT2D eigenvalue weighted by Crippen LogP contribution is 2.29. The van der Waals surface area contributed by atoms with Gasteiger partial charge in [-0.3, -0.25) is 0 Å². The fraction of sp³-hybridized carbons (Fsp3) is 0.400. The highest BCUT2D eigenvalue weighted by Gasteiger charge is 2.12. The molecule has 0 saturated carbocycles. The molecule has 1 rings (SSSR count). The summed E-state index contributed by atoms with van der Waals surface area (Å²) >= 11 is 5.94. The standard InChI is InChI=1S/C10H13ClFNO/c1-13-6-5-7-8(11)3-4-9(12)10(7)14-2/h3-4,13H,5-6H2,1-2H3. The minimum atomic E-state index is -0.372. The Kier molecular flexibility index (Phi) is 4.17. The first-order chi connectivity index (χ1) is 6.70. The van der Waals surface area contributed by atoms with Gasteiger partial charge in [0.15, 0.2) is 11.6 Å². The third-order valence-electron chi connectivity index (χ3n) is 1.98. The number of hydrogen-bond donors (Lipinski definition) is 1. The average molecular weight is 218 g/mol. The molecule has 0 spiro atoms. The lowest BCUT2D eigenvalue weighted by atomic mass is 10.1. The zero-order valence-electron chi connectivity index (χ0n) is 8.23. The smallest absolute Gasteiger partial charge is 0.165 e. The molecule has 78 valence electrons. The van der Waals surface area contributed by atoms with E-state index in [1.54, 1.807) is 6.07 Å². The van der Waals surface area contributed by atoms with Gasteiger partial charge in [-0.25, -0.2) is 4.39 Å². The molecule has 0 bridgehead atoms. The van der Waals surface area contributed by atoms with Crippen LogP contribution in [0.3, 0.4) is 0 Å². The molecular formula is C10H13ClFNO. The molecular weight excluding hydrogens is 205 g/mol. The van der Waals surface area contributed by atoms with E-state index in [1.807, 2.05) is 7.05 Å². The molecule has 0 heterocycles. The van der Waals surface area contributed by atoms with Gasteiger partial charge in [-0.2, -0.15) is 0 Å². The van der Waals surface area contributed by atoms with Crippen molar-refractivity contribution >= 4 is 11.6 Å². The first-order valence-corrected chi connectivity index (χ1v) is 4.74. The Morgan fingerprint density at radius 2 is 2.21 bits per heavy atom. The lowest BCUT2D eigenvalue weighted by molar-refractivity contribution is 0.381. The highest BCUT2D eigenvalue weighted by molar-refractivity contribution is 6.31. The van der Waals surface area contributed by atoms with Crippen LogP contribution >= 0.6 is 11.6 Å². The van der Waals surface area contributed by atoms with Gasteiger partial charge in [-0.15, -0.1) is 0 Å². The SMILES string of the molecule is CNCCc1c(Cl)ccc(F)c1OC. The molecule has 4 heteroatoms. The summed E-state index contributed by atoms with van der Waals surface area (Å²) in [6.45, 7) is 0.736. The number of hydrogen-bond acceptors (Lipinski definition) is 2. The first kappa shape index (κ1) is 11.3. The molecule has 0 aliphatic carbocycles. The molecule has 2 nitrogen and oxygen atoms in total. The average Bonchev–Trinajstić information content (AvgIpc) is 2.19. The van der Waals surface area contributed by atoms with Crippen molar-refractivity contribution in [1.29, 1.82) is 0 Å². The third kappa shape index (κ3) is 2.36. The predicted octanol–water partition coefficient (Wildman–Crippen LogP) is 2.25. The monoisotopic (exact) mass is 217 g/mol. The van der Waals surface area contributed by atoms with E-state index >= 15 is 0 Å². The van der Waals surface area contributed by atoms with Crippen LogP contribution in [0.5, 0.6) is 5.75 Å². The van der Waals surface area contributed by atoms with Crippen LogP contribution < -0.4 is 10.1 Å². The Labute approximate surface area is 88.0 Å². The summed E-state index contributed by atoms with van der Waals surface area (Å²) < 4.78 is 18.2. The number of rotatable bonds is 4. The number of benzene rings is 1. The van der Waals surface area contributed by atoms with Gasteiger partial charge in [0.1, 0.15) is 0 Å².